The van der Waals surface area contributed by atoms with Crippen molar-refractivity contribution in [2.75, 3.05) is 10.6 Å². The Hall–Kier alpha value is -3.88. The fourth-order valence-electron chi connectivity index (χ4n) is 3.28. The molecular formula is C23H20F3N5O. The van der Waals surface area contributed by atoms with Gasteiger partial charge in [-0.3, -0.25) is 10.3 Å². The van der Waals surface area contributed by atoms with Crippen molar-refractivity contribution in [1.29, 1.82) is 0 Å². The third-order valence-electron chi connectivity index (χ3n) is 4.88. The summed E-state index contributed by atoms with van der Waals surface area (Å²) in [5.74, 6) is -3.34. The number of nitrogens with one attached hydrogen (secondary N) is 2. The molecule has 0 aliphatic heterocycles. The van der Waals surface area contributed by atoms with Crippen molar-refractivity contribution in [2.45, 2.75) is 26.2 Å². The van der Waals surface area contributed by atoms with Crippen LogP contribution in [0.2, 0.25) is 0 Å². The molecule has 0 saturated carbocycles. The first kappa shape index (κ1) is 21.4. The Morgan fingerprint density at radius 1 is 1.00 bits per heavy atom. The van der Waals surface area contributed by atoms with Crippen LogP contribution < -0.4 is 10.6 Å². The molecule has 0 spiro atoms. The van der Waals surface area contributed by atoms with Gasteiger partial charge >= 0.3 is 6.03 Å². The molecule has 2 aromatic carbocycles. The molecule has 0 radical (unpaired) electrons. The summed E-state index contributed by atoms with van der Waals surface area (Å²) in [4.78, 5) is 16.8. The van der Waals surface area contributed by atoms with E-state index in [1.165, 1.54) is 0 Å². The maximum Gasteiger partial charge on any atom is 0.324 e. The van der Waals surface area contributed by atoms with Crippen molar-refractivity contribution >= 4 is 28.4 Å². The Bertz CT molecular complexity index is 1290. The maximum atomic E-state index is 13.9. The fraction of sp³-hybridized carbons (Fsp3) is 0.174. The quantitative estimate of drug-likeness (QED) is 0.372. The first-order valence-corrected chi connectivity index (χ1v) is 10.1. The summed E-state index contributed by atoms with van der Waals surface area (Å²) in [7, 11) is 0. The molecule has 2 aromatic heterocycles. The molecule has 2 heterocycles. The molecule has 0 saturated heterocycles. The van der Waals surface area contributed by atoms with Crippen LogP contribution >= 0.6 is 0 Å². The number of urea groups is 1. The maximum absolute atomic E-state index is 13.9. The predicted octanol–water partition coefficient (Wildman–Crippen LogP) is 5.82. The molecule has 2 amide bonds. The number of carbonyl (C=O) groups excluding carboxylic acids is 1. The highest BCUT2D eigenvalue weighted by atomic mass is 19.2. The summed E-state index contributed by atoms with van der Waals surface area (Å²) < 4.78 is 42.0. The van der Waals surface area contributed by atoms with Crippen LogP contribution in [0.4, 0.5) is 29.5 Å². The molecular weight excluding hydrogens is 419 g/mol. The van der Waals surface area contributed by atoms with Crippen LogP contribution in [0.1, 0.15) is 25.5 Å². The molecule has 4 aromatic rings. The van der Waals surface area contributed by atoms with Gasteiger partial charge in [-0.25, -0.2) is 22.6 Å². The van der Waals surface area contributed by atoms with Crippen LogP contribution in [-0.4, -0.2) is 20.8 Å². The van der Waals surface area contributed by atoms with E-state index in [1.807, 2.05) is 30.3 Å². The fourth-order valence-corrected chi connectivity index (χ4v) is 3.28. The number of nitrogens with zero attached hydrogens (tertiary/aromatic N) is 3. The van der Waals surface area contributed by atoms with E-state index in [0.29, 0.717) is 30.1 Å². The number of aromatic nitrogens is 3. The van der Waals surface area contributed by atoms with Gasteiger partial charge < -0.3 is 5.32 Å². The lowest BCUT2D eigenvalue weighted by Crippen LogP contribution is -2.22. The highest BCUT2D eigenvalue weighted by Crippen LogP contribution is 2.23. The van der Waals surface area contributed by atoms with Gasteiger partial charge in [0.15, 0.2) is 11.6 Å². The number of hydrogen-bond donors (Lipinski definition) is 2. The highest BCUT2D eigenvalue weighted by Gasteiger charge is 2.16. The van der Waals surface area contributed by atoms with Crippen molar-refractivity contribution in [2.24, 2.45) is 0 Å². The number of halogens is 3. The number of pyridine rings is 1. The number of anilines is 2. The van der Waals surface area contributed by atoms with Crippen molar-refractivity contribution in [1.82, 2.24) is 14.8 Å². The molecule has 4 rings (SSSR count). The minimum absolute atomic E-state index is 0.347. The largest absolute Gasteiger partial charge is 0.324 e. The summed E-state index contributed by atoms with van der Waals surface area (Å²) >= 11 is 0. The number of fused-ring (bicyclic) bond motifs is 1. The van der Waals surface area contributed by atoms with Crippen molar-refractivity contribution < 1.29 is 18.0 Å². The summed E-state index contributed by atoms with van der Waals surface area (Å²) in [5.41, 5.74) is 1.81. The molecule has 2 N–H and O–H groups in total. The number of unbranched alkanes of at least 4 members (excludes halogenated alkanes) is 1. The van der Waals surface area contributed by atoms with E-state index in [1.54, 1.807) is 16.9 Å². The molecule has 6 nitrogen and oxygen atoms in total. The normalized spacial score (nSPS) is 11.0. The smallest absolute Gasteiger partial charge is 0.305 e. The van der Waals surface area contributed by atoms with Gasteiger partial charge in [-0.2, -0.15) is 5.10 Å². The summed E-state index contributed by atoms with van der Waals surface area (Å²) in [6, 6.07) is 11.2. The second-order valence-electron chi connectivity index (χ2n) is 7.24. The Morgan fingerprint density at radius 2 is 1.81 bits per heavy atom. The van der Waals surface area contributed by atoms with Crippen LogP contribution in [0, 0.1) is 17.5 Å². The topological polar surface area (TPSA) is 71.8 Å². The predicted molar refractivity (Wildman–Crippen MR) is 116 cm³/mol. The highest BCUT2D eigenvalue weighted by molar-refractivity contribution is 5.99. The van der Waals surface area contributed by atoms with E-state index in [-0.39, 0.29) is 0 Å². The lowest BCUT2D eigenvalue weighted by molar-refractivity contribution is 0.262. The molecule has 0 unspecified atom stereocenters. The third kappa shape index (κ3) is 4.56. The van der Waals surface area contributed by atoms with E-state index in [0.717, 1.165) is 29.4 Å². The standard InChI is InChI=1S/C23H20F3N5O/c1-2-3-6-15-11-22(29-23(32)28-21-13-18(25)17(24)12-19(21)26)31(30-15)16-7-8-20-14(10-16)5-4-9-27-20/h4-5,7-13H,2-3,6H2,1H3,(H2,28,29,32). The second-order valence-corrected chi connectivity index (χ2v) is 7.24. The molecule has 0 atom stereocenters. The summed E-state index contributed by atoms with van der Waals surface area (Å²) in [6.07, 6.45) is 4.32. The number of benzene rings is 2. The molecule has 32 heavy (non-hydrogen) atoms. The third-order valence-corrected chi connectivity index (χ3v) is 4.88. The molecule has 0 fully saturated rings. The zero-order valence-corrected chi connectivity index (χ0v) is 17.2. The zero-order valence-electron chi connectivity index (χ0n) is 17.2. The van der Waals surface area contributed by atoms with Crippen LogP contribution in [0.5, 0.6) is 0 Å². The van der Waals surface area contributed by atoms with Crippen LogP contribution in [0.15, 0.2) is 54.7 Å². The number of carbonyl (C=O) groups is 1. The molecule has 0 aliphatic carbocycles. The van der Waals surface area contributed by atoms with E-state index in [9.17, 15) is 18.0 Å². The van der Waals surface area contributed by atoms with E-state index < -0.39 is 29.2 Å². The zero-order chi connectivity index (χ0) is 22.7. The minimum atomic E-state index is -1.34. The van der Waals surface area contributed by atoms with Gasteiger partial charge in [0, 0.05) is 29.8 Å². The van der Waals surface area contributed by atoms with Crippen LogP contribution in [-0.2, 0) is 6.42 Å². The van der Waals surface area contributed by atoms with Gasteiger partial charge in [-0.15, -0.1) is 0 Å². The Kier molecular flexibility index (Phi) is 6.07. The number of amides is 2. The Morgan fingerprint density at radius 3 is 2.62 bits per heavy atom. The van der Waals surface area contributed by atoms with Gasteiger partial charge in [0.1, 0.15) is 11.6 Å². The van der Waals surface area contributed by atoms with Crippen LogP contribution in [0.3, 0.4) is 0 Å². The molecule has 0 aliphatic rings. The number of hydrogen-bond acceptors (Lipinski definition) is 3. The second kappa shape index (κ2) is 9.09. The van der Waals surface area contributed by atoms with Crippen molar-refractivity contribution in [3.8, 4) is 5.69 Å². The van der Waals surface area contributed by atoms with Crippen molar-refractivity contribution in [3.63, 3.8) is 0 Å². The monoisotopic (exact) mass is 439 g/mol. The van der Waals surface area contributed by atoms with Gasteiger partial charge in [-0.05, 0) is 37.1 Å². The van der Waals surface area contributed by atoms with Crippen LogP contribution in [0.25, 0.3) is 16.6 Å². The first-order chi connectivity index (χ1) is 15.4. The molecule has 0 bridgehead atoms. The minimum Gasteiger partial charge on any atom is -0.305 e. The Labute approximate surface area is 182 Å². The lowest BCUT2D eigenvalue weighted by atomic mass is 10.2. The van der Waals surface area contributed by atoms with Gasteiger partial charge in [-0.1, -0.05) is 19.4 Å². The Balaban J connectivity index is 1.64. The van der Waals surface area contributed by atoms with E-state index >= 15 is 0 Å². The van der Waals surface area contributed by atoms with Gasteiger partial charge in [0.05, 0.1) is 22.6 Å². The first-order valence-electron chi connectivity index (χ1n) is 10.1. The molecule has 164 valence electrons. The van der Waals surface area contributed by atoms with Gasteiger partial charge in [0.25, 0.3) is 0 Å². The SMILES string of the molecule is CCCCc1cc(NC(=O)Nc2cc(F)c(F)cc2F)n(-c2ccc3ncccc3c2)n1. The van der Waals surface area contributed by atoms with Gasteiger partial charge in [0.2, 0.25) is 0 Å². The van der Waals surface area contributed by atoms with Crippen molar-refractivity contribution in [3.05, 3.63) is 77.9 Å². The van der Waals surface area contributed by atoms with E-state index in [2.05, 4.69) is 27.6 Å². The average Bonchev–Trinajstić information content (AvgIpc) is 3.18. The molecule has 9 heteroatoms. The lowest BCUT2D eigenvalue weighted by Gasteiger charge is -2.11. The van der Waals surface area contributed by atoms with E-state index in [4.69, 9.17) is 0 Å². The number of rotatable bonds is 6. The summed E-state index contributed by atoms with van der Waals surface area (Å²) in [5, 5.41) is 10.3. The average molecular weight is 439 g/mol. The number of aryl methyl sites for hydroxylation is 1. The summed E-state index contributed by atoms with van der Waals surface area (Å²) in [6.45, 7) is 2.07.